The normalized spacial score (nSPS) is 12.5. The summed E-state index contributed by atoms with van der Waals surface area (Å²) in [5.41, 5.74) is 7.95. The lowest BCUT2D eigenvalue weighted by Gasteiger charge is -2.14. The van der Waals surface area contributed by atoms with Crippen LogP contribution in [0.15, 0.2) is 60.7 Å². The smallest absolute Gasteiger partial charge is 0.123 e. The van der Waals surface area contributed by atoms with Crippen molar-refractivity contribution in [1.82, 2.24) is 0 Å². The van der Waals surface area contributed by atoms with Crippen LogP contribution < -0.4 is 5.73 Å². The minimum atomic E-state index is -0.325. The van der Waals surface area contributed by atoms with E-state index < -0.39 is 0 Å². The van der Waals surface area contributed by atoms with E-state index in [1.165, 1.54) is 22.9 Å². The molecule has 0 amide bonds. The highest BCUT2D eigenvalue weighted by Crippen LogP contribution is 2.26. The van der Waals surface area contributed by atoms with Crippen LogP contribution in [0.2, 0.25) is 5.02 Å². The zero-order valence-corrected chi connectivity index (χ0v) is 12.1. The molecule has 0 spiro atoms. The highest BCUT2D eigenvalue weighted by molar-refractivity contribution is 6.31. The third-order valence-corrected chi connectivity index (χ3v) is 3.97. The second kappa shape index (κ2) is 5.84. The van der Waals surface area contributed by atoms with Crippen molar-refractivity contribution >= 4 is 22.4 Å². The predicted molar refractivity (Wildman–Crippen MR) is 86.0 cm³/mol. The zero-order chi connectivity index (χ0) is 14.8. The first kappa shape index (κ1) is 14.1. The molecule has 0 radical (unpaired) electrons. The molecule has 0 fully saturated rings. The van der Waals surface area contributed by atoms with Gasteiger partial charge in [0, 0.05) is 11.1 Å². The fourth-order valence-electron chi connectivity index (χ4n) is 2.53. The largest absolute Gasteiger partial charge is 0.324 e. The minimum Gasteiger partial charge on any atom is -0.324 e. The van der Waals surface area contributed by atoms with Crippen molar-refractivity contribution < 1.29 is 4.39 Å². The van der Waals surface area contributed by atoms with E-state index in [0.29, 0.717) is 17.0 Å². The maximum absolute atomic E-state index is 13.3. The molecule has 1 nitrogen and oxygen atoms in total. The molecule has 0 saturated carbocycles. The van der Waals surface area contributed by atoms with Crippen LogP contribution in [0.25, 0.3) is 10.8 Å². The summed E-state index contributed by atoms with van der Waals surface area (Å²) >= 11 is 6.11. The molecule has 0 aliphatic rings. The average Bonchev–Trinajstić information content (AvgIpc) is 2.49. The summed E-state index contributed by atoms with van der Waals surface area (Å²) in [6, 6.07) is 18.4. The standard InChI is InChI=1S/C18H15ClFN/c19-17-8-7-15(20)11-16(17)18(21)10-12-5-6-13-3-1-2-4-14(13)9-12/h1-9,11,18H,10,21H2. The lowest BCUT2D eigenvalue weighted by atomic mass is 9.97. The molecule has 0 saturated heterocycles. The highest BCUT2D eigenvalue weighted by Gasteiger charge is 2.12. The van der Waals surface area contributed by atoms with E-state index in [1.54, 1.807) is 6.07 Å². The molecular weight excluding hydrogens is 285 g/mol. The Bertz CT molecular complexity index is 785. The molecule has 1 atom stereocenters. The topological polar surface area (TPSA) is 26.0 Å². The Labute approximate surface area is 128 Å². The molecule has 0 aliphatic carbocycles. The number of fused-ring (bicyclic) bond motifs is 1. The first-order chi connectivity index (χ1) is 10.1. The van der Waals surface area contributed by atoms with Gasteiger partial charge in [-0.2, -0.15) is 0 Å². The van der Waals surface area contributed by atoms with Crippen LogP contribution in [0.3, 0.4) is 0 Å². The Kier molecular flexibility index (Phi) is 3.91. The summed E-state index contributed by atoms with van der Waals surface area (Å²) in [5.74, 6) is -0.316. The van der Waals surface area contributed by atoms with Crippen molar-refractivity contribution in [2.75, 3.05) is 0 Å². The van der Waals surface area contributed by atoms with Crippen molar-refractivity contribution in [1.29, 1.82) is 0 Å². The van der Waals surface area contributed by atoms with E-state index in [0.717, 1.165) is 5.56 Å². The van der Waals surface area contributed by atoms with Crippen molar-refractivity contribution in [3.05, 3.63) is 82.6 Å². The maximum atomic E-state index is 13.3. The molecule has 0 heterocycles. The summed E-state index contributed by atoms with van der Waals surface area (Å²) in [6.07, 6.45) is 0.619. The van der Waals surface area contributed by atoms with Crippen LogP contribution in [0.1, 0.15) is 17.2 Å². The first-order valence-electron chi connectivity index (χ1n) is 6.82. The summed E-state index contributed by atoms with van der Waals surface area (Å²) in [4.78, 5) is 0. The SMILES string of the molecule is NC(Cc1ccc2ccccc2c1)c1cc(F)ccc1Cl. The van der Waals surface area contributed by atoms with E-state index in [1.807, 2.05) is 12.1 Å². The van der Waals surface area contributed by atoms with E-state index in [-0.39, 0.29) is 11.9 Å². The Hall–Kier alpha value is -1.90. The quantitative estimate of drug-likeness (QED) is 0.733. The molecule has 0 aliphatic heterocycles. The Morgan fingerprint density at radius 3 is 2.52 bits per heavy atom. The zero-order valence-electron chi connectivity index (χ0n) is 11.4. The first-order valence-corrected chi connectivity index (χ1v) is 7.19. The van der Waals surface area contributed by atoms with E-state index in [2.05, 4.69) is 30.3 Å². The molecule has 3 heteroatoms. The molecule has 2 N–H and O–H groups in total. The van der Waals surface area contributed by atoms with E-state index >= 15 is 0 Å². The van der Waals surface area contributed by atoms with Gasteiger partial charge in [-0.05, 0) is 46.5 Å². The van der Waals surface area contributed by atoms with Crippen LogP contribution >= 0.6 is 11.6 Å². The molecule has 3 rings (SSSR count). The van der Waals surface area contributed by atoms with Gasteiger partial charge in [-0.25, -0.2) is 4.39 Å². The third kappa shape index (κ3) is 3.07. The minimum absolute atomic E-state index is 0.316. The van der Waals surface area contributed by atoms with Gasteiger partial charge in [-0.3, -0.25) is 0 Å². The third-order valence-electron chi connectivity index (χ3n) is 3.63. The molecule has 3 aromatic carbocycles. The number of benzene rings is 3. The van der Waals surface area contributed by atoms with Crippen LogP contribution in [-0.2, 0) is 6.42 Å². The van der Waals surface area contributed by atoms with Gasteiger partial charge >= 0.3 is 0 Å². The lowest BCUT2D eigenvalue weighted by Crippen LogP contribution is -2.14. The summed E-state index contributed by atoms with van der Waals surface area (Å²) < 4.78 is 13.3. The van der Waals surface area contributed by atoms with E-state index in [9.17, 15) is 4.39 Å². The lowest BCUT2D eigenvalue weighted by molar-refractivity contribution is 0.618. The predicted octanol–water partition coefficient (Wildman–Crippen LogP) is 4.87. The molecule has 0 aromatic heterocycles. The van der Waals surface area contributed by atoms with Crippen LogP contribution in [0.4, 0.5) is 4.39 Å². The van der Waals surface area contributed by atoms with Gasteiger partial charge < -0.3 is 5.73 Å². The van der Waals surface area contributed by atoms with Crippen molar-refractivity contribution in [3.8, 4) is 0 Å². The van der Waals surface area contributed by atoms with Gasteiger partial charge in [0.05, 0.1) is 0 Å². The van der Waals surface area contributed by atoms with Crippen LogP contribution in [0, 0.1) is 5.82 Å². The second-order valence-corrected chi connectivity index (χ2v) is 5.57. The van der Waals surface area contributed by atoms with Gasteiger partial charge in [0.2, 0.25) is 0 Å². The molecular formula is C18H15ClFN. The monoisotopic (exact) mass is 299 g/mol. The van der Waals surface area contributed by atoms with Gasteiger partial charge in [-0.1, -0.05) is 54.1 Å². The molecule has 3 aromatic rings. The number of halogens is 2. The molecule has 106 valence electrons. The number of hydrogen-bond donors (Lipinski definition) is 1. The summed E-state index contributed by atoms with van der Waals surface area (Å²) in [6.45, 7) is 0. The maximum Gasteiger partial charge on any atom is 0.123 e. The van der Waals surface area contributed by atoms with Crippen molar-refractivity contribution in [2.45, 2.75) is 12.5 Å². The van der Waals surface area contributed by atoms with E-state index in [4.69, 9.17) is 17.3 Å². The fourth-order valence-corrected chi connectivity index (χ4v) is 2.79. The average molecular weight is 300 g/mol. The van der Waals surface area contributed by atoms with Crippen molar-refractivity contribution in [3.63, 3.8) is 0 Å². The van der Waals surface area contributed by atoms with Gasteiger partial charge in [0.1, 0.15) is 5.82 Å². The fraction of sp³-hybridized carbons (Fsp3) is 0.111. The van der Waals surface area contributed by atoms with Crippen molar-refractivity contribution in [2.24, 2.45) is 5.73 Å². The van der Waals surface area contributed by atoms with Gasteiger partial charge in [0.15, 0.2) is 0 Å². The molecule has 1 unspecified atom stereocenters. The summed E-state index contributed by atoms with van der Waals surface area (Å²) in [5, 5.41) is 2.87. The van der Waals surface area contributed by atoms with Gasteiger partial charge in [-0.15, -0.1) is 0 Å². The van der Waals surface area contributed by atoms with Crippen LogP contribution in [0.5, 0.6) is 0 Å². The van der Waals surface area contributed by atoms with Crippen LogP contribution in [-0.4, -0.2) is 0 Å². The Morgan fingerprint density at radius 2 is 1.71 bits per heavy atom. The number of nitrogens with two attached hydrogens (primary N) is 1. The number of hydrogen-bond acceptors (Lipinski definition) is 1. The van der Waals surface area contributed by atoms with Gasteiger partial charge in [0.25, 0.3) is 0 Å². The molecule has 21 heavy (non-hydrogen) atoms. The Morgan fingerprint density at radius 1 is 0.952 bits per heavy atom. The second-order valence-electron chi connectivity index (χ2n) is 5.16. The number of rotatable bonds is 3. The summed E-state index contributed by atoms with van der Waals surface area (Å²) in [7, 11) is 0. The Balaban J connectivity index is 1.88. The molecule has 0 bridgehead atoms. The highest BCUT2D eigenvalue weighted by atomic mass is 35.5.